The third kappa shape index (κ3) is 6.23. The molecule has 0 unspecified atom stereocenters. The van der Waals surface area contributed by atoms with Crippen LogP contribution in [0.3, 0.4) is 0 Å². The number of aliphatic imine (C=N–C) groups is 3. The van der Waals surface area contributed by atoms with E-state index in [1.54, 1.807) is 6.21 Å². The first-order valence-corrected chi connectivity index (χ1v) is 11.8. The van der Waals surface area contributed by atoms with E-state index < -0.39 is 0 Å². The molecule has 1 aromatic rings. The summed E-state index contributed by atoms with van der Waals surface area (Å²) >= 11 is 0. The molecule has 0 saturated heterocycles. The molecule has 5 nitrogen and oxygen atoms in total. The Labute approximate surface area is 221 Å². The molecule has 6 heteroatoms. The van der Waals surface area contributed by atoms with Crippen LogP contribution in [0.1, 0.15) is 58.8 Å². The van der Waals surface area contributed by atoms with Gasteiger partial charge in [-0.05, 0) is 79.8 Å². The Kier molecular flexibility index (Phi) is 8.59. The van der Waals surface area contributed by atoms with Crippen molar-refractivity contribution in [3.8, 4) is 0 Å². The van der Waals surface area contributed by atoms with Crippen LogP contribution >= 0.6 is 0 Å². The molecule has 0 bridgehead atoms. The molecule has 0 radical (unpaired) electrons. The normalized spacial score (nSPS) is 20.7. The van der Waals surface area contributed by atoms with Gasteiger partial charge in [-0.15, -0.1) is 0 Å². The third-order valence-corrected chi connectivity index (χ3v) is 5.90. The number of unbranched alkanes of at least 4 members (excludes halogenated alkanes) is 1. The minimum absolute atomic E-state index is 0. The molecular formula is C29H33LiN4O. The molecule has 0 aromatic carbocycles. The summed E-state index contributed by atoms with van der Waals surface area (Å²) < 4.78 is 5.96. The van der Waals surface area contributed by atoms with Crippen molar-refractivity contribution in [2.75, 3.05) is 6.61 Å². The van der Waals surface area contributed by atoms with E-state index in [2.05, 4.69) is 75.8 Å². The van der Waals surface area contributed by atoms with Gasteiger partial charge >= 0.3 is 18.9 Å². The third-order valence-electron chi connectivity index (χ3n) is 5.90. The molecular weight excluding hydrogens is 427 g/mol. The number of ether oxygens (including phenoxy) is 1. The van der Waals surface area contributed by atoms with E-state index >= 15 is 0 Å². The number of rotatable bonds is 6. The largest absolute Gasteiger partial charge is 1.00 e. The Morgan fingerprint density at radius 3 is 2.34 bits per heavy atom. The van der Waals surface area contributed by atoms with Gasteiger partial charge < -0.3 is 16.6 Å². The van der Waals surface area contributed by atoms with E-state index in [1.807, 2.05) is 24.3 Å². The van der Waals surface area contributed by atoms with Gasteiger partial charge in [-0.1, -0.05) is 20.8 Å². The number of H-pyrrole nitrogens is 1. The Hall–Kier alpha value is -2.87. The summed E-state index contributed by atoms with van der Waals surface area (Å²) in [5.41, 5.74) is 9.00. The molecule has 0 atom stereocenters. The summed E-state index contributed by atoms with van der Waals surface area (Å²) in [5.74, 6) is 0.718. The van der Waals surface area contributed by atoms with Gasteiger partial charge in [0, 0.05) is 28.7 Å². The Morgan fingerprint density at radius 1 is 1.00 bits per heavy atom. The van der Waals surface area contributed by atoms with Gasteiger partial charge in [0.05, 0.1) is 29.4 Å². The minimum atomic E-state index is -0.136. The van der Waals surface area contributed by atoms with Crippen LogP contribution in [0.15, 0.2) is 85.2 Å². The van der Waals surface area contributed by atoms with Gasteiger partial charge in [0.25, 0.3) is 0 Å². The second kappa shape index (κ2) is 11.2. The van der Waals surface area contributed by atoms with E-state index in [1.165, 1.54) is 0 Å². The number of nitrogens with one attached hydrogen (secondary N) is 1. The van der Waals surface area contributed by atoms with Crippen molar-refractivity contribution in [1.29, 1.82) is 0 Å². The van der Waals surface area contributed by atoms with E-state index in [9.17, 15) is 0 Å². The van der Waals surface area contributed by atoms with Crippen LogP contribution in [0.4, 0.5) is 0 Å². The van der Waals surface area contributed by atoms with Gasteiger partial charge in [-0.25, -0.2) is 9.98 Å². The first-order valence-electron chi connectivity index (χ1n) is 11.8. The molecule has 4 heterocycles. The predicted molar refractivity (Wildman–Crippen MR) is 144 cm³/mol. The number of aromatic amines is 1. The summed E-state index contributed by atoms with van der Waals surface area (Å²) in [6.45, 7) is 15.3. The SMILES string of the molecule is [CH2-]CCCOC1=NC(=C(C2=NC(=Cc3ccc(C=C4C=CC=N4)[nH]3)C=C2)C(C)(C)C)C(C)=C1C.[Li+]. The minimum Gasteiger partial charge on any atom is -0.478 e. The Morgan fingerprint density at radius 2 is 1.71 bits per heavy atom. The summed E-state index contributed by atoms with van der Waals surface area (Å²) in [5, 5.41) is 0. The fraction of sp³-hybridized carbons (Fsp3) is 0.310. The molecule has 0 spiro atoms. The predicted octanol–water partition coefficient (Wildman–Crippen LogP) is 4.03. The molecule has 4 rings (SSSR count). The van der Waals surface area contributed by atoms with E-state index in [0.29, 0.717) is 6.61 Å². The zero-order valence-corrected chi connectivity index (χ0v) is 21.8. The standard InChI is InChI=1S/C29H33N4O.Li/c1-7-8-16-34-28-20(3)19(2)27(33-28)26(29(4,5)6)25-14-13-24(32-25)18-23-12-11-22(31-23)17-21-10-9-15-30-21;/h9-15,17-18,31H,1,7-8,16H2,2-6H3;/q-1;+1. The average molecular weight is 461 g/mol. The van der Waals surface area contributed by atoms with Gasteiger partial charge in [0.15, 0.2) is 0 Å². The van der Waals surface area contributed by atoms with Crippen molar-refractivity contribution >= 4 is 30.0 Å². The topological polar surface area (TPSA) is 62.1 Å². The van der Waals surface area contributed by atoms with Crippen LogP contribution in [0.5, 0.6) is 0 Å². The van der Waals surface area contributed by atoms with Crippen LogP contribution in [0, 0.1) is 12.3 Å². The van der Waals surface area contributed by atoms with Crippen LogP contribution in [-0.2, 0) is 4.74 Å². The Bertz CT molecular complexity index is 1240. The maximum absolute atomic E-state index is 5.96. The smallest absolute Gasteiger partial charge is 0.478 e. The molecule has 176 valence electrons. The van der Waals surface area contributed by atoms with Crippen LogP contribution < -0.4 is 18.9 Å². The van der Waals surface area contributed by atoms with E-state index in [0.717, 1.165) is 69.6 Å². The summed E-state index contributed by atoms with van der Waals surface area (Å²) in [6, 6.07) is 4.10. The average Bonchev–Trinajstić information content (AvgIpc) is 3.57. The summed E-state index contributed by atoms with van der Waals surface area (Å²) in [4.78, 5) is 17.6. The van der Waals surface area contributed by atoms with Crippen molar-refractivity contribution < 1.29 is 23.6 Å². The number of hydrogen-bond acceptors (Lipinski definition) is 4. The van der Waals surface area contributed by atoms with Gasteiger partial charge in [-0.3, -0.25) is 4.99 Å². The molecule has 0 aliphatic carbocycles. The zero-order valence-electron chi connectivity index (χ0n) is 21.8. The van der Waals surface area contributed by atoms with Crippen LogP contribution in [-0.4, -0.2) is 29.4 Å². The maximum Gasteiger partial charge on any atom is 1.00 e. The van der Waals surface area contributed by atoms with E-state index in [4.69, 9.17) is 14.7 Å². The number of nitrogens with zero attached hydrogens (tertiary/aromatic N) is 3. The van der Waals surface area contributed by atoms with Crippen molar-refractivity contribution in [3.05, 3.63) is 88.6 Å². The first kappa shape index (κ1) is 26.7. The van der Waals surface area contributed by atoms with Crippen molar-refractivity contribution in [1.82, 2.24) is 4.98 Å². The molecule has 0 saturated carbocycles. The quantitative estimate of drug-likeness (QED) is 0.389. The Balaban J connectivity index is 0.00000342. The monoisotopic (exact) mass is 460 g/mol. The van der Waals surface area contributed by atoms with Gasteiger partial charge in [-0.2, -0.15) is 6.42 Å². The number of hydrogen-bond donors (Lipinski definition) is 1. The van der Waals surface area contributed by atoms with Crippen molar-refractivity contribution in [2.45, 2.75) is 47.5 Å². The van der Waals surface area contributed by atoms with Crippen molar-refractivity contribution in [2.24, 2.45) is 20.4 Å². The fourth-order valence-electron chi connectivity index (χ4n) is 4.04. The summed E-state index contributed by atoms with van der Waals surface area (Å²) in [6.07, 6.45) is 15.7. The molecule has 3 aliphatic rings. The second-order valence-corrected chi connectivity index (χ2v) is 9.67. The molecule has 35 heavy (non-hydrogen) atoms. The zero-order chi connectivity index (χ0) is 24.3. The molecule has 0 amide bonds. The summed E-state index contributed by atoms with van der Waals surface area (Å²) in [7, 11) is 0. The van der Waals surface area contributed by atoms with Crippen molar-refractivity contribution in [3.63, 3.8) is 0 Å². The molecule has 1 N–H and O–H groups in total. The van der Waals surface area contributed by atoms with Crippen LogP contribution in [0.2, 0.25) is 0 Å². The second-order valence-electron chi connectivity index (χ2n) is 9.67. The number of allylic oxidation sites excluding steroid dienone is 6. The molecule has 3 aliphatic heterocycles. The first-order chi connectivity index (χ1) is 16.3. The van der Waals surface area contributed by atoms with E-state index in [-0.39, 0.29) is 24.3 Å². The number of aromatic nitrogens is 1. The van der Waals surface area contributed by atoms with Gasteiger partial charge in [0.2, 0.25) is 5.90 Å². The van der Waals surface area contributed by atoms with Gasteiger partial charge in [0.1, 0.15) is 0 Å². The fourth-order valence-corrected chi connectivity index (χ4v) is 4.04. The maximum atomic E-state index is 5.96. The molecule has 0 fully saturated rings. The van der Waals surface area contributed by atoms with Crippen LogP contribution in [0.25, 0.3) is 12.2 Å². The molecule has 1 aromatic heterocycles.